The standard InChI is InChI=1S/C26H29F6N3O3/c1-16(18-11-20(25(27,28)29)13-21(12-18)26(30,31)32)38-15-24(19-7-5-4-6-8-19)10-9-23(14-34-24,22(37)33-3)35-17(2)36/h4-8,11-13,16,34H,9-10,14-15H2,1-3H3,(H,33,37)(H,35,36)/t16-,23-,24-/m1/s1. The van der Waals surface area contributed by atoms with Crippen LogP contribution in [0.4, 0.5) is 26.3 Å². The van der Waals surface area contributed by atoms with Gasteiger partial charge in [0, 0.05) is 20.5 Å². The maximum absolute atomic E-state index is 13.3. The Morgan fingerprint density at radius 2 is 1.58 bits per heavy atom. The van der Waals surface area contributed by atoms with Gasteiger partial charge in [-0.3, -0.25) is 9.59 Å². The number of nitrogens with one attached hydrogen (secondary N) is 3. The highest BCUT2D eigenvalue weighted by Crippen LogP contribution is 2.39. The third-order valence-electron chi connectivity index (χ3n) is 6.77. The van der Waals surface area contributed by atoms with E-state index in [9.17, 15) is 35.9 Å². The highest BCUT2D eigenvalue weighted by molar-refractivity contribution is 5.91. The zero-order chi connectivity index (χ0) is 28.4. The summed E-state index contributed by atoms with van der Waals surface area (Å²) in [7, 11) is 1.44. The Bertz CT molecular complexity index is 1110. The number of halogens is 6. The summed E-state index contributed by atoms with van der Waals surface area (Å²) in [5.74, 6) is -0.808. The lowest BCUT2D eigenvalue weighted by Crippen LogP contribution is -2.69. The predicted octanol–water partition coefficient (Wildman–Crippen LogP) is 4.70. The van der Waals surface area contributed by atoms with E-state index in [1.165, 1.54) is 20.9 Å². The van der Waals surface area contributed by atoms with E-state index < -0.39 is 52.5 Å². The minimum atomic E-state index is -4.97. The Balaban J connectivity index is 1.91. The Morgan fingerprint density at radius 3 is 2.03 bits per heavy atom. The Kier molecular flexibility index (Phi) is 8.47. The predicted molar refractivity (Wildman–Crippen MR) is 127 cm³/mol. The van der Waals surface area contributed by atoms with Crippen LogP contribution in [0.15, 0.2) is 48.5 Å². The molecule has 3 N–H and O–H groups in total. The van der Waals surface area contributed by atoms with E-state index in [1.54, 1.807) is 30.3 Å². The third kappa shape index (κ3) is 6.47. The van der Waals surface area contributed by atoms with Crippen molar-refractivity contribution in [3.63, 3.8) is 0 Å². The molecule has 0 bridgehead atoms. The molecule has 0 aromatic heterocycles. The fourth-order valence-electron chi connectivity index (χ4n) is 4.64. The molecular formula is C26H29F6N3O3. The summed E-state index contributed by atoms with van der Waals surface area (Å²) < 4.78 is 85.9. The number of piperidine rings is 1. The number of hydrogen-bond donors (Lipinski definition) is 3. The van der Waals surface area contributed by atoms with Crippen LogP contribution in [0.3, 0.4) is 0 Å². The zero-order valence-electron chi connectivity index (χ0n) is 21.0. The SMILES string of the molecule is CNC(=O)[C@@]1(NC(C)=O)CC[C@@](CO[C@H](C)c2cc(C(F)(F)F)cc(C(F)(F)F)c2)(c2ccccc2)NC1. The van der Waals surface area contributed by atoms with Crippen LogP contribution in [0.25, 0.3) is 0 Å². The van der Waals surface area contributed by atoms with Gasteiger partial charge in [-0.2, -0.15) is 26.3 Å². The van der Waals surface area contributed by atoms with Gasteiger partial charge >= 0.3 is 12.4 Å². The highest BCUT2D eigenvalue weighted by atomic mass is 19.4. The van der Waals surface area contributed by atoms with Crippen molar-refractivity contribution in [2.75, 3.05) is 20.2 Å². The minimum absolute atomic E-state index is 0.0146. The van der Waals surface area contributed by atoms with Gasteiger partial charge in [0.05, 0.1) is 29.4 Å². The average molecular weight is 546 g/mol. The van der Waals surface area contributed by atoms with Gasteiger partial charge in [-0.05, 0) is 49.1 Å². The number of ether oxygens (including phenoxy) is 1. The van der Waals surface area contributed by atoms with Crippen molar-refractivity contribution in [1.29, 1.82) is 0 Å². The Labute approximate surface area is 216 Å². The summed E-state index contributed by atoms with van der Waals surface area (Å²) in [5, 5.41) is 8.52. The van der Waals surface area contributed by atoms with Crippen LogP contribution in [0.2, 0.25) is 0 Å². The summed E-state index contributed by atoms with van der Waals surface area (Å²) in [6, 6.07) is 10.3. The molecule has 6 nitrogen and oxygen atoms in total. The van der Waals surface area contributed by atoms with E-state index in [0.717, 1.165) is 5.56 Å². The van der Waals surface area contributed by atoms with Gasteiger partial charge in [0.25, 0.3) is 0 Å². The number of rotatable bonds is 7. The lowest BCUT2D eigenvalue weighted by Gasteiger charge is -2.47. The Morgan fingerprint density at radius 1 is 1.00 bits per heavy atom. The first-order valence-corrected chi connectivity index (χ1v) is 11.8. The van der Waals surface area contributed by atoms with Crippen molar-refractivity contribution in [1.82, 2.24) is 16.0 Å². The topological polar surface area (TPSA) is 79.5 Å². The van der Waals surface area contributed by atoms with E-state index >= 15 is 0 Å². The third-order valence-corrected chi connectivity index (χ3v) is 6.77. The maximum atomic E-state index is 13.3. The lowest BCUT2D eigenvalue weighted by molar-refractivity contribution is -0.143. The number of alkyl halides is 6. The molecule has 1 heterocycles. The quantitative estimate of drug-likeness (QED) is 0.441. The molecular weight excluding hydrogens is 516 g/mol. The maximum Gasteiger partial charge on any atom is 0.416 e. The van der Waals surface area contributed by atoms with Gasteiger partial charge in [-0.15, -0.1) is 0 Å². The summed E-state index contributed by atoms with van der Waals surface area (Å²) in [6.45, 7) is 2.56. The van der Waals surface area contributed by atoms with E-state index in [4.69, 9.17) is 4.74 Å². The smallest absolute Gasteiger partial charge is 0.372 e. The minimum Gasteiger partial charge on any atom is -0.372 e. The van der Waals surface area contributed by atoms with Crippen LogP contribution in [0.1, 0.15) is 55.0 Å². The van der Waals surface area contributed by atoms with E-state index in [2.05, 4.69) is 16.0 Å². The fourth-order valence-corrected chi connectivity index (χ4v) is 4.64. The van der Waals surface area contributed by atoms with Gasteiger partial charge in [-0.25, -0.2) is 0 Å². The first-order valence-electron chi connectivity index (χ1n) is 11.8. The van der Waals surface area contributed by atoms with Crippen molar-refractivity contribution < 1.29 is 40.7 Å². The van der Waals surface area contributed by atoms with Gasteiger partial charge in [0.1, 0.15) is 5.54 Å². The summed E-state index contributed by atoms with van der Waals surface area (Å²) >= 11 is 0. The summed E-state index contributed by atoms with van der Waals surface area (Å²) in [4.78, 5) is 24.5. The van der Waals surface area contributed by atoms with E-state index in [-0.39, 0.29) is 37.6 Å². The second kappa shape index (κ2) is 10.9. The van der Waals surface area contributed by atoms with Crippen molar-refractivity contribution in [3.8, 4) is 0 Å². The second-order valence-corrected chi connectivity index (χ2v) is 9.44. The number of carbonyl (C=O) groups is 2. The summed E-state index contributed by atoms with van der Waals surface area (Å²) in [6.07, 6.45) is -10.6. The molecule has 12 heteroatoms. The molecule has 0 radical (unpaired) electrons. The molecule has 3 atom stereocenters. The molecule has 1 aliphatic heterocycles. The second-order valence-electron chi connectivity index (χ2n) is 9.44. The molecule has 2 amide bonds. The number of likely N-dealkylation sites (N-methyl/N-ethyl adjacent to an activating group) is 1. The molecule has 2 aromatic rings. The number of amides is 2. The molecule has 0 aliphatic carbocycles. The van der Waals surface area contributed by atoms with Crippen molar-refractivity contribution in [2.24, 2.45) is 0 Å². The molecule has 0 unspecified atom stereocenters. The van der Waals surface area contributed by atoms with Gasteiger partial charge in [-0.1, -0.05) is 30.3 Å². The molecule has 1 fully saturated rings. The lowest BCUT2D eigenvalue weighted by atomic mass is 9.76. The fraction of sp³-hybridized carbons (Fsp3) is 0.462. The van der Waals surface area contributed by atoms with Crippen LogP contribution in [0, 0.1) is 0 Å². The van der Waals surface area contributed by atoms with Crippen LogP contribution >= 0.6 is 0 Å². The van der Waals surface area contributed by atoms with Crippen LogP contribution < -0.4 is 16.0 Å². The first kappa shape index (κ1) is 29.4. The van der Waals surface area contributed by atoms with Crippen molar-refractivity contribution >= 4 is 11.8 Å². The molecule has 0 spiro atoms. The van der Waals surface area contributed by atoms with E-state index in [1.807, 2.05) is 0 Å². The molecule has 38 heavy (non-hydrogen) atoms. The van der Waals surface area contributed by atoms with Gasteiger partial charge in [0.15, 0.2) is 0 Å². The van der Waals surface area contributed by atoms with Gasteiger partial charge in [0.2, 0.25) is 11.8 Å². The van der Waals surface area contributed by atoms with Crippen LogP contribution in [-0.4, -0.2) is 37.6 Å². The van der Waals surface area contributed by atoms with Crippen molar-refractivity contribution in [3.05, 3.63) is 70.8 Å². The Hall–Kier alpha value is -3.12. The molecule has 208 valence electrons. The summed E-state index contributed by atoms with van der Waals surface area (Å²) in [5.41, 5.74) is -4.54. The van der Waals surface area contributed by atoms with E-state index in [0.29, 0.717) is 12.1 Å². The first-order chi connectivity index (χ1) is 17.6. The molecule has 1 aliphatic rings. The molecule has 3 rings (SSSR count). The normalized spacial score (nSPS) is 23.0. The highest BCUT2D eigenvalue weighted by Gasteiger charge is 2.48. The van der Waals surface area contributed by atoms with Crippen molar-refractivity contribution in [2.45, 2.75) is 56.2 Å². The monoisotopic (exact) mass is 545 g/mol. The largest absolute Gasteiger partial charge is 0.416 e. The number of benzene rings is 2. The van der Waals surface area contributed by atoms with Crippen LogP contribution in [-0.2, 0) is 32.2 Å². The number of hydrogen-bond acceptors (Lipinski definition) is 4. The average Bonchev–Trinajstić information content (AvgIpc) is 2.86. The molecule has 0 saturated carbocycles. The van der Waals surface area contributed by atoms with Gasteiger partial charge < -0.3 is 20.7 Å². The molecule has 1 saturated heterocycles. The van der Waals surface area contributed by atoms with Crippen LogP contribution in [0.5, 0.6) is 0 Å². The number of carbonyl (C=O) groups excluding carboxylic acids is 2. The molecule has 2 aromatic carbocycles. The zero-order valence-corrected chi connectivity index (χ0v) is 21.0.